The van der Waals surface area contributed by atoms with Gasteiger partial charge in [0.15, 0.2) is 5.78 Å². The number of rotatable bonds is 7. The third-order valence-corrected chi connectivity index (χ3v) is 3.88. The summed E-state index contributed by atoms with van der Waals surface area (Å²) in [6, 6.07) is 10.7. The molecule has 0 aromatic heterocycles. The molecular weight excluding hydrogens is 314 g/mol. The number of aromatic hydroxyl groups is 1. The molecule has 25 heavy (non-hydrogen) atoms. The fourth-order valence-corrected chi connectivity index (χ4v) is 2.41. The molecule has 0 radical (unpaired) electrons. The van der Waals surface area contributed by atoms with Gasteiger partial charge in [0.25, 0.3) is 0 Å². The van der Waals surface area contributed by atoms with E-state index < -0.39 is 0 Å². The van der Waals surface area contributed by atoms with Gasteiger partial charge in [0.05, 0.1) is 7.11 Å². The average molecular weight is 337 g/mol. The molecule has 0 saturated heterocycles. The topological polar surface area (TPSA) is 58.6 Å². The number of phenolic OH excluding ortho intramolecular Hbond substituents is 1. The molecule has 0 aliphatic carbocycles. The van der Waals surface area contributed by atoms with Gasteiger partial charge in [0.1, 0.15) is 11.5 Å². The molecule has 0 unspecified atom stereocenters. The van der Waals surface area contributed by atoms with E-state index in [4.69, 9.17) is 4.74 Å². The lowest BCUT2D eigenvalue weighted by molar-refractivity contribution is 0.104. The number of ether oxygens (including phenoxy) is 1. The van der Waals surface area contributed by atoms with Crippen molar-refractivity contribution >= 4 is 17.5 Å². The minimum absolute atomic E-state index is 0.0900. The van der Waals surface area contributed by atoms with Crippen LogP contribution < -0.4 is 10.1 Å². The minimum Gasteiger partial charge on any atom is -0.508 e. The fourth-order valence-electron chi connectivity index (χ4n) is 2.41. The minimum atomic E-state index is -0.0900. The van der Waals surface area contributed by atoms with Crippen molar-refractivity contribution in [2.24, 2.45) is 0 Å². The number of methoxy groups -OCH3 is 1. The maximum absolute atomic E-state index is 12.3. The first kappa shape index (κ1) is 18.3. The first-order valence-corrected chi connectivity index (χ1v) is 8.10. The number of allylic oxidation sites excluding steroid dienone is 3. The molecule has 0 spiro atoms. The predicted molar refractivity (Wildman–Crippen MR) is 103 cm³/mol. The molecule has 0 atom stereocenters. The van der Waals surface area contributed by atoms with E-state index >= 15 is 0 Å². The monoisotopic (exact) mass is 337 g/mol. The summed E-state index contributed by atoms with van der Waals surface area (Å²) in [5.41, 5.74) is 3.10. The number of anilines is 1. The molecule has 0 amide bonds. The fraction of sp³-hybridized carbons (Fsp3) is 0.190. The van der Waals surface area contributed by atoms with Crippen molar-refractivity contribution < 1.29 is 14.6 Å². The van der Waals surface area contributed by atoms with Crippen molar-refractivity contribution in [3.05, 3.63) is 71.3 Å². The van der Waals surface area contributed by atoms with Crippen molar-refractivity contribution in [1.82, 2.24) is 0 Å². The summed E-state index contributed by atoms with van der Waals surface area (Å²) >= 11 is 0. The average Bonchev–Trinajstić information content (AvgIpc) is 2.65. The summed E-state index contributed by atoms with van der Waals surface area (Å²) in [7, 11) is 3.37. The van der Waals surface area contributed by atoms with Crippen LogP contribution in [0.1, 0.15) is 28.4 Å². The smallest absolute Gasteiger partial charge is 0.185 e. The predicted octanol–water partition coefficient (Wildman–Crippen LogP) is 4.46. The molecule has 0 aliphatic rings. The van der Waals surface area contributed by atoms with E-state index in [0.29, 0.717) is 17.7 Å². The molecule has 0 saturated carbocycles. The number of ketones is 1. The van der Waals surface area contributed by atoms with E-state index in [0.717, 1.165) is 16.8 Å². The lowest BCUT2D eigenvalue weighted by Gasteiger charge is -2.09. The maximum Gasteiger partial charge on any atom is 0.185 e. The Morgan fingerprint density at radius 3 is 2.56 bits per heavy atom. The summed E-state index contributed by atoms with van der Waals surface area (Å²) in [6.45, 7) is 1.93. The molecule has 4 nitrogen and oxygen atoms in total. The maximum atomic E-state index is 12.3. The summed E-state index contributed by atoms with van der Waals surface area (Å²) in [4.78, 5) is 12.3. The quantitative estimate of drug-likeness (QED) is 0.445. The van der Waals surface area contributed by atoms with Crippen LogP contribution in [0.4, 0.5) is 5.69 Å². The largest absolute Gasteiger partial charge is 0.508 e. The molecule has 2 aromatic rings. The Hall–Kier alpha value is -3.01. The van der Waals surface area contributed by atoms with Crippen LogP contribution in [0, 0.1) is 0 Å². The van der Waals surface area contributed by atoms with E-state index in [9.17, 15) is 9.90 Å². The Kier molecular flexibility index (Phi) is 6.40. The van der Waals surface area contributed by atoms with Crippen LogP contribution in [0.2, 0.25) is 0 Å². The van der Waals surface area contributed by atoms with E-state index in [-0.39, 0.29) is 11.5 Å². The zero-order valence-corrected chi connectivity index (χ0v) is 14.7. The van der Waals surface area contributed by atoms with Gasteiger partial charge in [-0.2, -0.15) is 0 Å². The van der Waals surface area contributed by atoms with E-state index in [2.05, 4.69) is 5.32 Å². The van der Waals surface area contributed by atoms with Gasteiger partial charge >= 0.3 is 0 Å². The second-order valence-electron chi connectivity index (χ2n) is 5.52. The van der Waals surface area contributed by atoms with Gasteiger partial charge in [-0.3, -0.25) is 4.79 Å². The first-order chi connectivity index (χ1) is 12.1. The molecule has 2 N–H and O–H groups in total. The molecule has 4 heteroatoms. The Morgan fingerprint density at radius 1 is 1.24 bits per heavy atom. The van der Waals surface area contributed by atoms with Crippen LogP contribution >= 0.6 is 0 Å². The van der Waals surface area contributed by atoms with Crippen LogP contribution in [0.3, 0.4) is 0 Å². The highest BCUT2D eigenvalue weighted by Crippen LogP contribution is 2.30. The van der Waals surface area contributed by atoms with Crippen LogP contribution in [0.25, 0.3) is 6.08 Å². The molecule has 0 fully saturated rings. The molecule has 0 bridgehead atoms. The highest BCUT2D eigenvalue weighted by Gasteiger charge is 2.08. The normalized spacial score (nSPS) is 11.2. The Labute approximate surface area is 148 Å². The van der Waals surface area contributed by atoms with Gasteiger partial charge < -0.3 is 15.2 Å². The first-order valence-electron chi connectivity index (χ1n) is 8.10. The van der Waals surface area contributed by atoms with Gasteiger partial charge in [-0.05, 0) is 61.4 Å². The van der Waals surface area contributed by atoms with Crippen molar-refractivity contribution in [1.29, 1.82) is 0 Å². The molecule has 0 aliphatic heterocycles. The second kappa shape index (κ2) is 8.73. The highest BCUT2D eigenvalue weighted by molar-refractivity contribution is 6.07. The standard InChI is InChI=1S/C21H23NO3/c1-4-5-6-16-13-17(21(25-3)14-20(16)24)9-12-19(23)15-7-10-18(22-2)11-8-15/h4-5,7-14,22,24H,6H2,1-3H3. The lowest BCUT2D eigenvalue weighted by Crippen LogP contribution is -1.96. The molecule has 2 aromatic carbocycles. The van der Waals surface area contributed by atoms with Crippen LogP contribution in [-0.2, 0) is 6.42 Å². The lowest BCUT2D eigenvalue weighted by atomic mass is 10.0. The summed E-state index contributed by atoms with van der Waals surface area (Å²) < 4.78 is 5.31. The Balaban J connectivity index is 2.27. The van der Waals surface area contributed by atoms with Gasteiger partial charge in [-0.1, -0.05) is 12.2 Å². The van der Waals surface area contributed by atoms with Crippen LogP contribution in [0.5, 0.6) is 11.5 Å². The Morgan fingerprint density at radius 2 is 1.96 bits per heavy atom. The van der Waals surface area contributed by atoms with E-state index in [1.807, 2.05) is 44.3 Å². The van der Waals surface area contributed by atoms with Crippen molar-refractivity contribution in [3.63, 3.8) is 0 Å². The van der Waals surface area contributed by atoms with Crippen molar-refractivity contribution in [2.75, 3.05) is 19.5 Å². The number of hydrogen-bond acceptors (Lipinski definition) is 4. The highest BCUT2D eigenvalue weighted by atomic mass is 16.5. The number of phenols is 1. The number of benzene rings is 2. The molecule has 0 heterocycles. The van der Waals surface area contributed by atoms with Crippen molar-refractivity contribution in [3.8, 4) is 11.5 Å². The van der Waals surface area contributed by atoms with Crippen molar-refractivity contribution in [2.45, 2.75) is 13.3 Å². The van der Waals surface area contributed by atoms with E-state index in [1.54, 1.807) is 24.3 Å². The molecular formula is C21H23NO3. The Bertz CT molecular complexity index is 790. The van der Waals surface area contributed by atoms with Crippen LogP contribution in [0.15, 0.2) is 54.6 Å². The summed E-state index contributed by atoms with van der Waals surface area (Å²) in [5, 5.41) is 13.1. The number of carbonyl (C=O) groups excluding carboxylic acids is 1. The van der Waals surface area contributed by atoms with Gasteiger partial charge in [0.2, 0.25) is 0 Å². The third-order valence-electron chi connectivity index (χ3n) is 3.88. The van der Waals surface area contributed by atoms with Crippen LogP contribution in [-0.4, -0.2) is 25.0 Å². The molecule has 2 rings (SSSR count). The number of carbonyl (C=O) groups is 1. The van der Waals surface area contributed by atoms with Gasteiger partial charge in [0, 0.05) is 29.9 Å². The van der Waals surface area contributed by atoms with E-state index in [1.165, 1.54) is 13.2 Å². The SMILES string of the molecule is CC=CCc1cc(C=CC(=O)c2ccc(NC)cc2)c(OC)cc1O. The zero-order valence-electron chi connectivity index (χ0n) is 14.7. The molecule has 130 valence electrons. The summed E-state index contributed by atoms with van der Waals surface area (Å²) in [6.07, 6.45) is 7.74. The van der Waals surface area contributed by atoms with Gasteiger partial charge in [-0.15, -0.1) is 0 Å². The number of hydrogen-bond donors (Lipinski definition) is 2. The zero-order chi connectivity index (χ0) is 18.2. The number of nitrogens with one attached hydrogen (secondary N) is 1. The third kappa shape index (κ3) is 4.73. The summed E-state index contributed by atoms with van der Waals surface area (Å²) in [5.74, 6) is 0.616. The second-order valence-corrected chi connectivity index (χ2v) is 5.52. The van der Waals surface area contributed by atoms with Gasteiger partial charge in [-0.25, -0.2) is 0 Å².